The first-order valence-electron chi connectivity index (χ1n) is 10.1. The van der Waals surface area contributed by atoms with Crippen LogP contribution in [0.1, 0.15) is 28.7 Å². The fourth-order valence-electron chi connectivity index (χ4n) is 3.23. The molecule has 4 rings (SSSR count). The number of benzene rings is 3. The molecule has 0 radical (unpaired) electrons. The number of halogens is 3. The molecule has 0 aliphatic carbocycles. The third-order valence-corrected chi connectivity index (χ3v) is 4.69. The summed E-state index contributed by atoms with van der Waals surface area (Å²) in [6, 6.07) is 21.9. The van der Waals surface area contributed by atoms with Crippen molar-refractivity contribution in [3.05, 3.63) is 83.7 Å². The molecule has 9 heteroatoms. The lowest BCUT2D eigenvalue weighted by Crippen LogP contribution is -2.11. The highest BCUT2D eigenvalue weighted by molar-refractivity contribution is 6.04. The number of aryl methyl sites for hydroxylation is 1. The van der Waals surface area contributed by atoms with E-state index in [-0.39, 0.29) is 12.8 Å². The van der Waals surface area contributed by atoms with Gasteiger partial charge in [-0.3, -0.25) is 9.36 Å². The van der Waals surface area contributed by atoms with Crippen LogP contribution in [-0.2, 0) is 0 Å². The Hall–Kier alpha value is -4.32. The highest BCUT2D eigenvalue weighted by Crippen LogP contribution is 2.25. The number of methoxy groups -OCH3 is 1. The minimum absolute atomic E-state index is 0.188. The van der Waals surface area contributed by atoms with Gasteiger partial charge in [0.05, 0.1) is 29.8 Å². The number of nitriles is 1. The molecule has 0 spiro atoms. The Bertz CT molecular complexity index is 1330. The SMILES string of the molecule is CC(F)(F)F.COc1ccc2c(c1)nc(C)n2-c1ccc(NC(=O)c2ccc(C#N)cc2)cc1. The largest absolute Gasteiger partial charge is 0.497 e. The molecule has 0 aliphatic rings. The van der Waals surface area contributed by atoms with Crippen LogP contribution in [-0.4, -0.2) is 28.7 Å². The normalized spacial score (nSPS) is 10.7. The molecule has 0 unspecified atom stereocenters. The summed E-state index contributed by atoms with van der Waals surface area (Å²) in [4.78, 5) is 17.0. The number of anilines is 1. The number of rotatable bonds is 4. The Kier molecular flexibility index (Phi) is 7.21. The molecule has 0 aliphatic heterocycles. The first-order valence-corrected chi connectivity index (χ1v) is 10.1. The number of fused-ring (bicyclic) bond motifs is 1. The second-order valence-corrected chi connectivity index (χ2v) is 7.32. The average molecular weight is 466 g/mol. The molecule has 6 nitrogen and oxygen atoms in total. The van der Waals surface area contributed by atoms with E-state index in [1.807, 2.05) is 55.5 Å². The van der Waals surface area contributed by atoms with Crippen LogP contribution in [0.2, 0.25) is 0 Å². The van der Waals surface area contributed by atoms with Gasteiger partial charge in [-0.2, -0.15) is 18.4 Å². The summed E-state index contributed by atoms with van der Waals surface area (Å²) in [5, 5.41) is 11.7. The topological polar surface area (TPSA) is 79.9 Å². The summed E-state index contributed by atoms with van der Waals surface area (Å²) in [5.74, 6) is 1.41. The Morgan fingerprint density at radius 2 is 1.68 bits per heavy atom. The van der Waals surface area contributed by atoms with E-state index in [1.165, 1.54) is 0 Å². The smallest absolute Gasteiger partial charge is 0.386 e. The predicted molar refractivity (Wildman–Crippen MR) is 123 cm³/mol. The molecule has 0 atom stereocenters. The molecule has 1 heterocycles. The number of aromatic nitrogens is 2. The number of amides is 1. The zero-order chi connectivity index (χ0) is 24.9. The van der Waals surface area contributed by atoms with Gasteiger partial charge in [-0.25, -0.2) is 4.98 Å². The van der Waals surface area contributed by atoms with Crippen LogP contribution in [0.25, 0.3) is 16.7 Å². The summed E-state index contributed by atoms with van der Waals surface area (Å²) in [6.07, 6.45) is -4.00. The van der Waals surface area contributed by atoms with E-state index in [2.05, 4.69) is 14.9 Å². The Balaban J connectivity index is 0.000000588. The van der Waals surface area contributed by atoms with Crippen molar-refractivity contribution >= 4 is 22.6 Å². The zero-order valence-corrected chi connectivity index (χ0v) is 18.6. The third kappa shape index (κ3) is 6.13. The van der Waals surface area contributed by atoms with E-state index >= 15 is 0 Å². The van der Waals surface area contributed by atoms with Crippen molar-refractivity contribution in [1.29, 1.82) is 5.26 Å². The van der Waals surface area contributed by atoms with Gasteiger partial charge >= 0.3 is 6.18 Å². The van der Waals surface area contributed by atoms with Crippen molar-refractivity contribution in [2.75, 3.05) is 12.4 Å². The number of imidazole rings is 1. The molecular weight excluding hydrogens is 445 g/mol. The first-order chi connectivity index (χ1) is 16.1. The lowest BCUT2D eigenvalue weighted by atomic mass is 10.1. The minimum atomic E-state index is -4.00. The predicted octanol–water partition coefficient (Wildman–Crippen LogP) is 6.04. The number of alkyl halides is 3. The van der Waals surface area contributed by atoms with E-state index < -0.39 is 6.18 Å². The van der Waals surface area contributed by atoms with Gasteiger partial charge in [-0.1, -0.05) is 0 Å². The van der Waals surface area contributed by atoms with E-state index in [0.717, 1.165) is 28.3 Å². The third-order valence-electron chi connectivity index (χ3n) is 4.69. The van der Waals surface area contributed by atoms with Gasteiger partial charge in [0.25, 0.3) is 5.91 Å². The fourth-order valence-corrected chi connectivity index (χ4v) is 3.23. The maximum atomic E-state index is 12.4. The zero-order valence-electron chi connectivity index (χ0n) is 18.6. The lowest BCUT2D eigenvalue weighted by molar-refractivity contribution is -0.110. The van der Waals surface area contributed by atoms with Crippen molar-refractivity contribution in [1.82, 2.24) is 9.55 Å². The molecule has 0 fully saturated rings. The first kappa shape index (κ1) is 24.3. The second-order valence-electron chi connectivity index (χ2n) is 7.32. The summed E-state index contributed by atoms with van der Waals surface area (Å²) in [7, 11) is 1.63. The highest BCUT2D eigenvalue weighted by atomic mass is 19.4. The number of hydrogen-bond donors (Lipinski definition) is 1. The molecule has 0 saturated carbocycles. The molecule has 174 valence electrons. The number of carbonyl (C=O) groups excluding carboxylic acids is 1. The lowest BCUT2D eigenvalue weighted by Gasteiger charge is -2.10. The Morgan fingerprint density at radius 3 is 2.24 bits per heavy atom. The number of nitrogens with one attached hydrogen (secondary N) is 1. The van der Waals surface area contributed by atoms with Crippen molar-refractivity contribution in [2.24, 2.45) is 0 Å². The summed E-state index contributed by atoms with van der Waals surface area (Å²) >= 11 is 0. The van der Waals surface area contributed by atoms with E-state index in [9.17, 15) is 18.0 Å². The minimum Gasteiger partial charge on any atom is -0.497 e. The van der Waals surface area contributed by atoms with Gasteiger partial charge in [0, 0.05) is 29.9 Å². The number of carbonyl (C=O) groups is 1. The molecular formula is C25H21F3N4O2. The van der Waals surface area contributed by atoms with Crippen LogP contribution in [0.5, 0.6) is 5.75 Å². The highest BCUT2D eigenvalue weighted by Gasteiger charge is 2.15. The number of ether oxygens (including phenoxy) is 1. The number of nitrogens with zero attached hydrogens (tertiary/aromatic N) is 3. The van der Waals surface area contributed by atoms with Gasteiger partial charge in [-0.05, 0) is 67.6 Å². The van der Waals surface area contributed by atoms with Gasteiger partial charge in [0.1, 0.15) is 11.6 Å². The fraction of sp³-hybridized carbons (Fsp3) is 0.160. The van der Waals surface area contributed by atoms with Gasteiger partial charge in [0.15, 0.2) is 0 Å². The van der Waals surface area contributed by atoms with Crippen molar-refractivity contribution < 1.29 is 22.7 Å². The maximum absolute atomic E-state index is 12.4. The second kappa shape index (κ2) is 10.1. The van der Waals surface area contributed by atoms with Gasteiger partial charge in [0.2, 0.25) is 0 Å². The van der Waals surface area contributed by atoms with Crippen LogP contribution in [0, 0.1) is 18.3 Å². The van der Waals surface area contributed by atoms with E-state index in [4.69, 9.17) is 10.00 Å². The van der Waals surface area contributed by atoms with Crippen molar-refractivity contribution in [2.45, 2.75) is 20.0 Å². The van der Waals surface area contributed by atoms with Crippen LogP contribution >= 0.6 is 0 Å². The van der Waals surface area contributed by atoms with Crippen molar-refractivity contribution in [3.8, 4) is 17.5 Å². The molecule has 0 saturated heterocycles. The summed E-state index contributed by atoms with van der Waals surface area (Å²) < 4.78 is 38.4. The van der Waals surface area contributed by atoms with Gasteiger partial charge in [-0.15, -0.1) is 0 Å². The van der Waals surface area contributed by atoms with Crippen LogP contribution in [0.3, 0.4) is 0 Å². The van der Waals surface area contributed by atoms with Crippen LogP contribution < -0.4 is 10.1 Å². The van der Waals surface area contributed by atoms with Crippen LogP contribution in [0.4, 0.5) is 18.9 Å². The van der Waals surface area contributed by atoms with Crippen LogP contribution in [0.15, 0.2) is 66.7 Å². The quantitative estimate of drug-likeness (QED) is 0.398. The Morgan fingerprint density at radius 1 is 1.06 bits per heavy atom. The number of hydrogen-bond acceptors (Lipinski definition) is 4. The van der Waals surface area contributed by atoms with Gasteiger partial charge < -0.3 is 10.1 Å². The summed E-state index contributed by atoms with van der Waals surface area (Å²) in [5.41, 5.74) is 4.50. The molecule has 1 N–H and O–H groups in total. The molecule has 3 aromatic carbocycles. The molecule has 0 bridgehead atoms. The molecule has 4 aromatic rings. The standard InChI is InChI=1S/C23H18N4O2.C2H3F3/c1-15-25-21-13-20(29-2)11-12-22(21)27(15)19-9-7-18(8-10-19)26-23(28)17-5-3-16(14-24)4-6-17;1-2(3,4)5/h3-13H,1-2H3,(H,26,28);1H3. The molecule has 34 heavy (non-hydrogen) atoms. The van der Waals surface area contributed by atoms with E-state index in [1.54, 1.807) is 31.4 Å². The van der Waals surface area contributed by atoms with E-state index in [0.29, 0.717) is 16.8 Å². The molecule has 1 aromatic heterocycles. The summed E-state index contributed by atoms with van der Waals surface area (Å²) in [6.45, 7) is 2.14. The monoisotopic (exact) mass is 466 g/mol. The Labute approximate surface area is 194 Å². The average Bonchev–Trinajstić information content (AvgIpc) is 3.13. The molecule has 1 amide bonds. The maximum Gasteiger partial charge on any atom is 0.386 e. The van der Waals surface area contributed by atoms with Crippen molar-refractivity contribution in [3.63, 3.8) is 0 Å².